The topological polar surface area (TPSA) is 80.9 Å². The molecule has 0 radical (unpaired) electrons. The molecule has 0 unspecified atom stereocenters. The Morgan fingerprint density at radius 1 is 1.11 bits per heavy atom. The predicted octanol–water partition coefficient (Wildman–Crippen LogP) is 3.25. The number of ether oxygens (including phenoxy) is 1. The first kappa shape index (κ1) is 18.4. The van der Waals surface area contributed by atoms with Gasteiger partial charge in [0.15, 0.2) is 6.61 Å². The average Bonchev–Trinajstić information content (AvgIpc) is 2.62. The van der Waals surface area contributed by atoms with Crippen LogP contribution in [0.5, 0.6) is 5.75 Å². The number of hydrazone groups is 1. The van der Waals surface area contributed by atoms with Gasteiger partial charge in [-0.2, -0.15) is 5.10 Å². The Morgan fingerprint density at radius 2 is 1.93 bits per heavy atom. The quantitative estimate of drug-likeness (QED) is 0.428. The zero-order chi connectivity index (χ0) is 19.4. The summed E-state index contributed by atoms with van der Waals surface area (Å²) in [5, 5.41) is 4.79. The van der Waals surface area contributed by atoms with Crippen molar-refractivity contribution in [1.82, 2.24) is 5.43 Å². The number of benzene rings is 2. The lowest BCUT2D eigenvalue weighted by Crippen LogP contribution is -2.24. The maximum Gasteiger partial charge on any atom is 0.336 e. The number of nitrogens with zero attached hydrogens (tertiary/aromatic N) is 1. The van der Waals surface area contributed by atoms with Gasteiger partial charge in [0.05, 0.1) is 6.21 Å². The van der Waals surface area contributed by atoms with Crippen molar-refractivity contribution in [3.63, 3.8) is 0 Å². The van der Waals surface area contributed by atoms with Crippen LogP contribution in [0.25, 0.3) is 11.0 Å². The zero-order valence-corrected chi connectivity index (χ0v) is 15.4. The number of aryl methyl sites for hydroxylation is 3. The molecule has 138 valence electrons. The Balaban J connectivity index is 1.60. The number of fused-ring (bicyclic) bond motifs is 1. The van der Waals surface area contributed by atoms with E-state index in [1.807, 2.05) is 39.0 Å². The fourth-order valence-corrected chi connectivity index (χ4v) is 2.65. The minimum absolute atomic E-state index is 0.203. The van der Waals surface area contributed by atoms with Crippen LogP contribution in [0.15, 0.2) is 56.8 Å². The first-order valence-corrected chi connectivity index (χ1v) is 8.49. The van der Waals surface area contributed by atoms with Crippen molar-refractivity contribution < 1.29 is 13.9 Å². The molecular weight excluding hydrogens is 344 g/mol. The van der Waals surface area contributed by atoms with E-state index in [9.17, 15) is 9.59 Å². The first-order valence-electron chi connectivity index (χ1n) is 8.49. The number of amides is 1. The molecule has 0 spiro atoms. The molecule has 0 atom stereocenters. The summed E-state index contributed by atoms with van der Waals surface area (Å²) in [5.74, 6) is 0.0484. The third-order valence-corrected chi connectivity index (χ3v) is 4.12. The summed E-state index contributed by atoms with van der Waals surface area (Å²) in [6, 6.07) is 12.6. The Hall–Kier alpha value is -3.41. The Labute approximate surface area is 156 Å². The molecule has 1 heterocycles. The molecule has 0 aliphatic carbocycles. The van der Waals surface area contributed by atoms with Gasteiger partial charge in [-0.3, -0.25) is 4.79 Å². The molecule has 1 aromatic heterocycles. The van der Waals surface area contributed by atoms with Crippen LogP contribution in [0, 0.1) is 20.8 Å². The molecular formula is C21H20N2O4. The van der Waals surface area contributed by atoms with Crippen LogP contribution in [-0.4, -0.2) is 18.7 Å². The highest BCUT2D eigenvalue weighted by atomic mass is 16.5. The van der Waals surface area contributed by atoms with Crippen molar-refractivity contribution in [2.45, 2.75) is 20.8 Å². The fourth-order valence-electron chi connectivity index (χ4n) is 2.65. The molecule has 0 aliphatic rings. The van der Waals surface area contributed by atoms with Crippen molar-refractivity contribution in [1.29, 1.82) is 0 Å². The molecule has 6 nitrogen and oxygen atoms in total. The van der Waals surface area contributed by atoms with E-state index < -0.39 is 5.63 Å². The number of hydrogen-bond donors (Lipinski definition) is 1. The second-order valence-corrected chi connectivity index (χ2v) is 6.35. The predicted molar refractivity (Wildman–Crippen MR) is 104 cm³/mol. The lowest BCUT2D eigenvalue weighted by atomic mass is 10.1. The molecule has 0 fully saturated rings. The van der Waals surface area contributed by atoms with E-state index in [0.717, 1.165) is 27.6 Å². The molecule has 1 amide bonds. The molecule has 0 aliphatic heterocycles. The van der Waals surface area contributed by atoms with Crippen molar-refractivity contribution in [2.75, 3.05) is 6.61 Å². The Morgan fingerprint density at radius 3 is 2.74 bits per heavy atom. The normalized spacial score (nSPS) is 11.1. The van der Waals surface area contributed by atoms with Crippen LogP contribution in [0.3, 0.4) is 0 Å². The van der Waals surface area contributed by atoms with E-state index in [-0.39, 0.29) is 12.5 Å². The average molecular weight is 364 g/mol. The number of nitrogens with one attached hydrogen (secondary N) is 1. The molecule has 27 heavy (non-hydrogen) atoms. The van der Waals surface area contributed by atoms with E-state index in [0.29, 0.717) is 11.3 Å². The maximum absolute atomic E-state index is 11.9. The van der Waals surface area contributed by atoms with Crippen molar-refractivity contribution >= 4 is 23.1 Å². The molecule has 0 saturated carbocycles. The van der Waals surface area contributed by atoms with Gasteiger partial charge in [0.1, 0.15) is 11.3 Å². The summed E-state index contributed by atoms with van der Waals surface area (Å²) >= 11 is 0. The standard InChI is InChI=1S/C21H20N2O4/c1-13-4-5-14(2)16(8-13)11-22-23-20(24)12-26-17-6-7-18-15(3)9-21(25)27-19(18)10-17/h4-11H,12H2,1-3H3,(H,23,24)/b22-11-. The summed E-state index contributed by atoms with van der Waals surface area (Å²) in [6.07, 6.45) is 1.60. The largest absolute Gasteiger partial charge is 0.484 e. The second kappa shape index (κ2) is 7.86. The van der Waals surface area contributed by atoms with Crippen LogP contribution in [0.1, 0.15) is 22.3 Å². The van der Waals surface area contributed by atoms with Crippen LogP contribution < -0.4 is 15.8 Å². The molecule has 0 saturated heterocycles. The van der Waals surface area contributed by atoms with Crippen LogP contribution in [0.4, 0.5) is 0 Å². The monoisotopic (exact) mass is 364 g/mol. The highest BCUT2D eigenvalue weighted by Gasteiger charge is 2.06. The zero-order valence-electron chi connectivity index (χ0n) is 15.4. The summed E-state index contributed by atoms with van der Waals surface area (Å²) in [4.78, 5) is 23.4. The third-order valence-electron chi connectivity index (χ3n) is 4.12. The van der Waals surface area contributed by atoms with E-state index in [1.54, 1.807) is 24.4 Å². The lowest BCUT2D eigenvalue weighted by Gasteiger charge is -2.07. The smallest absolute Gasteiger partial charge is 0.336 e. The van der Waals surface area contributed by atoms with Crippen LogP contribution >= 0.6 is 0 Å². The summed E-state index contributed by atoms with van der Waals surface area (Å²) in [6.45, 7) is 5.61. The maximum atomic E-state index is 11.9. The van der Waals surface area contributed by atoms with Gasteiger partial charge in [-0.15, -0.1) is 0 Å². The minimum Gasteiger partial charge on any atom is -0.484 e. The first-order chi connectivity index (χ1) is 12.9. The summed E-state index contributed by atoms with van der Waals surface area (Å²) in [5.41, 5.74) is 6.40. The molecule has 6 heteroatoms. The molecule has 2 aromatic carbocycles. The third kappa shape index (κ3) is 4.61. The van der Waals surface area contributed by atoms with Gasteiger partial charge in [0, 0.05) is 17.5 Å². The SMILES string of the molecule is Cc1ccc(C)c(/C=N\NC(=O)COc2ccc3c(C)cc(=O)oc3c2)c1. The van der Waals surface area contributed by atoms with Gasteiger partial charge >= 0.3 is 5.63 Å². The van der Waals surface area contributed by atoms with E-state index in [2.05, 4.69) is 10.5 Å². The lowest BCUT2D eigenvalue weighted by molar-refractivity contribution is -0.123. The van der Waals surface area contributed by atoms with Crippen molar-refractivity contribution in [3.8, 4) is 5.75 Å². The molecule has 0 bridgehead atoms. The van der Waals surface area contributed by atoms with Gasteiger partial charge in [-0.05, 0) is 49.6 Å². The van der Waals surface area contributed by atoms with Gasteiger partial charge < -0.3 is 9.15 Å². The highest BCUT2D eigenvalue weighted by Crippen LogP contribution is 2.22. The fraction of sp³-hybridized carbons (Fsp3) is 0.190. The Bertz CT molecular complexity index is 1080. The van der Waals surface area contributed by atoms with Crippen LogP contribution in [-0.2, 0) is 4.79 Å². The van der Waals surface area contributed by atoms with E-state index >= 15 is 0 Å². The molecule has 3 aromatic rings. The van der Waals surface area contributed by atoms with Gasteiger partial charge in [-0.1, -0.05) is 23.8 Å². The van der Waals surface area contributed by atoms with Crippen LogP contribution in [0.2, 0.25) is 0 Å². The number of rotatable bonds is 5. The number of hydrogen-bond acceptors (Lipinski definition) is 5. The number of carbonyl (C=O) groups is 1. The summed E-state index contributed by atoms with van der Waals surface area (Å²) in [7, 11) is 0. The second-order valence-electron chi connectivity index (χ2n) is 6.35. The van der Waals surface area contributed by atoms with Gasteiger partial charge in [-0.25, -0.2) is 10.2 Å². The minimum atomic E-state index is -0.421. The Kier molecular flexibility index (Phi) is 5.35. The summed E-state index contributed by atoms with van der Waals surface area (Å²) < 4.78 is 10.6. The van der Waals surface area contributed by atoms with Gasteiger partial charge in [0.2, 0.25) is 0 Å². The van der Waals surface area contributed by atoms with E-state index in [1.165, 1.54) is 6.07 Å². The molecule has 3 rings (SSSR count). The van der Waals surface area contributed by atoms with Gasteiger partial charge in [0.25, 0.3) is 5.91 Å². The van der Waals surface area contributed by atoms with E-state index in [4.69, 9.17) is 9.15 Å². The number of carbonyl (C=O) groups excluding carboxylic acids is 1. The molecule has 1 N–H and O–H groups in total. The van der Waals surface area contributed by atoms with Crippen molar-refractivity contribution in [2.24, 2.45) is 5.10 Å². The van der Waals surface area contributed by atoms with Crippen molar-refractivity contribution in [3.05, 3.63) is 75.1 Å². The highest BCUT2D eigenvalue weighted by molar-refractivity contribution is 5.84.